The molecule has 0 radical (unpaired) electrons. The van der Waals surface area contributed by atoms with E-state index in [0.717, 1.165) is 48.8 Å². The molecule has 0 amide bonds. The summed E-state index contributed by atoms with van der Waals surface area (Å²) >= 11 is 0. The molecule has 3 heterocycles. The minimum Gasteiger partial charge on any atom is -0.359 e. The zero-order valence-corrected chi connectivity index (χ0v) is 16.6. The Bertz CT molecular complexity index is 915. The number of halogens is 1. The van der Waals surface area contributed by atoms with Crippen LogP contribution >= 0.6 is 0 Å². The average Bonchev–Trinajstić information content (AvgIpc) is 3.24. The van der Waals surface area contributed by atoms with Gasteiger partial charge in [-0.3, -0.25) is 9.58 Å². The summed E-state index contributed by atoms with van der Waals surface area (Å²) < 4.78 is 21.0. The second kappa shape index (κ2) is 8.27. The first-order chi connectivity index (χ1) is 13.6. The SMILES string of the molecule is CCn1cc(CN2CCCCCC2c2cc(-c3ccc(F)cc3)no2)c(C)n1. The highest BCUT2D eigenvalue weighted by molar-refractivity contribution is 5.58. The molecule has 0 aliphatic carbocycles. The molecule has 5 nitrogen and oxygen atoms in total. The molecule has 6 heteroatoms. The second-order valence-corrected chi connectivity index (χ2v) is 7.55. The van der Waals surface area contributed by atoms with Crippen molar-refractivity contribution in [3.05, 3.63) is 59.4 Å². The van der Waals surface area contributed by atoms with Gasteiger partial charge in [0.05, 0.1) is 11.7 Å². The van der Waals surface area contributed by atoms with E-state index in [0.29, 0.717) is 0 Å². The van der Waals surface area contributed by atoms with Crippen molar-refractivity contribution in [2.45, 2.75) is 58.7 Å². The van der Waals surface area contributed by atoms with E-state index in [1.165, 1.54) is 37.0 Å². The van der Waals surface area contributed by atoms with Crippen LogP contribution in [0.15, 0.2) is 41.1 Å². The number of likely N-dealkylation sites (tertiary alicyclic amines) is 1. The van der Waals surface area contributed by atoms with E-state index < -0.39 is 0 Å². The molecular formula is C22H27FN4O. The summed E-state index contributed by atoms with van der Waals surface area (Å²) in [6.07, 6.45) is 6.82. The predicted molar refractivity (Wildman–Crippen MR) is 106 cm³/mol. The molecular weight excluding hydrogens is 355 g/mol. The van der Waals surface area contributed by atoms with Crippen LogP contribution in [0.25, 0.3) is 11.3 Å². The number of nitrogens with zero attached hydrogens (tertiary/aromatic N) is 4. The highest BCUT2D eigenvalue weighted by Crippen LogP contribution is 2.33. The first kappa shape index (κ1) is 18.9. The zero-order chi connectivity index (χ0) is 19.5. The fourth-order valence-electron chi connectivity index (χ4n) is 3.98. The van der Waals surface area contributed by atoms with Crippen molar-refractivity contribution in [3.63, 3.8) is 0 Å². The molecule has 0 saturated carbocycles. The second-order valence-electron chi connectivity index (χ2n) is 7.55. The van der Waals surface area contributed by atoms with Gasteiger partial charge in [0.25, 0.3) is 0 Å². The molecule has 0 spiro atoms. The number of aryl methyl sites for hydroxylation is 2. The molecule has 1 aromatic carbocycles. The Morgan fingerprint density at radius 3 is 2.75 bits per heavy atom. The van der Waals surface area contributed by atoms with Gasteiger partial charge in [0.15, 0.2) is 5.76 Å². The van der Waals surface area contributed by atoms with Crippen molar-refractivity contribution in [1.29, 1.82) is 0 Å². The summed E-state index contributed by atoms with van der Waals surface area (Å²) in [5, 5.41) is 8.85. The molecule has 1 fully saturated rings. The van der Waals surface area contributed by atoms with Crippen LogP contribution in [-0.2, 0) is 13.1 Å². The maximum Gasteiger partial charge on any atom is 0.154 e. The van der Waals surface area contributed by atoms with Crippen molar-refractivity contribution < 1.29 is 8.91 Å². The number of hydrogen-bond donors (Lipinski definition) is 0. The summed E-state index contributed by atoms with van der Waals surface area (Å²) in [4.78, 5) is 2.49. The van der Waals surface area contributed by atoms with Crippen LogP contribution in [-0.4, -0.2) is 26.4 Å². The summed E-state index contributed by atoms with van der Waals surface area (Å²) in [6, 6.07) is 8.60. The van der Waals surface area contributed by atoms with Gasteiger partial charge in [-0.05, 0) is 57.5 Å². The lowest BCUT2D eigenvalue weighted by Gasteiger charge is -2.27. The molecule has 2 aromatic heterocycles. The first-order valence-corrected chi connectivity index (χ1v) is 10.1. The van der Waals surface area contributed by atoms with Crippen molar-refractivity contribution >= 4 is 0 Å². The van der Waals surface area contributed by atoms with E-state index in [4.69, 9.17) is 4.52 Å². The van der Waals surface area contributed by atoms with E-state index in [9.17, 15) is 4.39 Å². The van der Waals surface area contributed by atoms with Gasteiger partial charge in [0, 0.05) is 36.5 Å². The number of rotatable bonds is 5. The summed E-state index contributed by atoms with van der Waals surface area (Å²) in [6.45, 7) is 6.97. The minimum absolute atomic E-state index is 0.202. The third kappa shape index (κ3) is 4.02. The van der Waals surface area contributed by atoms with E-state index in [2.05, 4.69) is 35.2 Å². The Balaban J connectivity index is 1.58. The molecule has 0 bridgehead atoms. The van der Waals surface area contributed by atoms with Gasteiger partial charge in [0.2, 0.25) is 0 Å². The van der Waals surface area contributed by atoms with Gasteiger partial charge in [-0.2, -0.15) is 5.10 Å². The molecule has 1 unspecified atom stereocenters. The van der Waals surface area contributed by atoms with Gasteiger partial charge >= 0.3 is 0 Å². The van der Waals surface area contributed by atoms with E-state index in [1.807, 2.05) is 10.7 Å². The van der Waals surface area contributed by atoms with E-state index in [-0.39, 0.29) is 11.9 Å². The molecule has 1 aliphatic rings. The third-order valence-corrected chi connectivity index (χ3v) is 5.61. The minimum atomic E-state index is -0.245. The molecule has 4 rings (SSSR count). The van der Waals surface area contributed by atoms with Crippen molar-refractivity contribution in [3.8, 4) is 11.3 Å². The lowest BCUT2D eigenvalue weighted by Crippen LogP contribution is -2.28. The lowest BCUT2D eigenvalue weighted by atomic mass is 10.0. The van der Waals surface area contributed by atoms with E-state index >= 15 is 0 Å². The van der Waals surface area contributed by atoms with Gasteiger partial charge in [-0.1, -0.05) is 18.0 Å². The van der Waals surface area contributed by atoms with Crippen molar-refractivity contribution in [2.75, 3.05) is 6.54 Å². The Morgan fingerprint density at radius 1 is 1.18 bits per heavy atom. The van der Waals surface area contributed by atoms with Crippen LogP contribution in [0.5, 0.6) is 0 Å². The summed E-state index contributed by atoms with van der Waals surface area (Å²) in [5.41, 5.74) is 3.99. The molecule has 28 heavy (non-hydrogen) atoms. The quantitative estimate of drug-likeness (QED) is 0.614. The largest absolute Gasteiger partial charge is 0.359 e. The Kier molecular flexibility index (Phi) is 5.57. The molecule has 0 N–H and O–H groups in total. The Morgan fingerprint density at radius 2 is 2.00 bits per heavy atom. The van der Waals surface area contributed by atoms with Crippen LogP contribution in [0.4, 0.5) is 4.39 Å². The van der Waals surface area contributed by atoms with Gasteiger partial charge in [-0.15, -0.1) is 0 Å². The number of aromatic nitrogens is 3. The van der Waals surface area contributed by atoms with Crippen LogP contribution < -0.4 is 0 Å². The highest BCUT2D eigenvalue weighted by atomic mass is 19.1. The van der Waals surface area contributed by atoms with Crippen molar-refractivity contribution in [1.82, 2.24) is 19.8 Å². The van der Waals surface area contributed by atoms with Gasteiger partial charge in [-0.25, -0.2) is 4.39 Å². The lowest BCUT2D eigenvalue weighted by molar-refractivity contribution is 0.160. The summed E-state index contributed by atoms with van der Waals surface area (Å²) in [5.74, 6) is 0.646. The average molecular weight is 382 g/mol. The fourth-order valence-corrected chi connectivity index (χ4v) is 3.98. The monoisotopic (exact) mass is 382 g/mol. The van der Waals surface area contributed by atoms with Crippen LogP contribution in [0.3, 0.4) is 0 Å². The van der Waals surface area contributed by atoms with E-state index in [1.54, 1.807) is 12.1 Å². The maximum atomic E-state index is 13.2. The smallest absolute Gasteiger partial charge is 0.154 e. The Hall–Kier alpha value is -2.47. The predicted octanol–water partition coefficient (Wildman–Crippen LogP) is 5.12. The molecule has 1 aliphatic heterocycles. The highest BCUT2D eigenvalue weighted by Gasteiger charge is 2.27. The zero-order valence-electron chi connectivity index (χ0n) is 16.6. The van der Waals surface area contributed by atoms with Gasteiger partial charge in [0.1, 0.15) is 11.5 Å². The topological polar surface area (TPSA) is 47.1 Å². The third-order valence-electron chi connectivity index (χ3n) is 5.61. The number of hydrogen-bond acceptors (Lipinski definition) is 4. The molecule has 148 valence electrons. The van der Waals surface area contributed by atoms with Crippen LogP contribution in [0, 0.1) is 12.7 Å². The fraction of sp³-hybridized carbons (Fsp3) is 0.455. The first-order valence-electron chi connectivity index (χ1n) is 10.1. The number of benzene rings is 1. The molecule has 3 aromatic rings. The normalized spacial score (nSPS) is 18.3. The maximum absolute atomic E-state index is 13.2. The van der Waals surface area contributed by atoms with Crippen LogP contribution in [0.2, 0.25) is 0 Å². The summed E-state index contributed by atoms with van der Waals surface area (Å²) in [7, 11) is 0. The molecule has 1 saturated heterocycles. The van der Waals surface area contributed by atoms with Crippen LogP contribution in [0.1, 0.15) is 55.7 Å². The Labute approximate surface area is 165 Å². The standard InChI is InChI=1S/C22H27FN4O/c1-3-27-15-18(16(2)24-27)14-26-12-6-4-5-7-21(26)22-13-20(25-28-22)17-8-10-19(23)11-9-17/h8-11,13,15,21H,3-7,12,14H2,1-2H3. The van der Waals surface area contributed by atoms with Crippen molar-refractivity contribution in [2.24, 2.45) is 0 Å². The molecule has 1 atom stereocenters. The van der Waals surface area contributed by atoms with Gasteiger partial charge < -0.3 is 4.52 Å².